The van der Waals surface area contributed by atoms with Crippen molar-refractivity contribution in [3.8, 4) is 0 Å². The maximum Gasteiger partial charge on any atom is 0.236 e. The Balaban J connectivity index is 3.80. The van der Waals surface area contributed by atoms with Gasteiger partial charge in [-0.15, -0.1) is 0 Å². The maximum absolute atomic E-state index is 11.7. The highest BCUT2D eigenvalue weighted by atomic mass is 16.2. The van der Waals surface area contributed by atoms with E-state index >= 15 is 0 Å². The normalized spacial score (nSPS) is 11.9. The van der Waals surface area contributed by atoms with Crippen LogP contribution >= 0.6 is 0 Å². The number of hydrogen-bond acceptors (Lipinski definition) is 2. The van der Waals surface area contributed by atoms with E-state index in [1.54, 1.807) is 4.90 Å². The van der Waals surface area contributed by atoms with E-state index in [1.165, 1.54) is 0 Å². The molecule has 0 saturated heterocycles. The van der Waals surface area contributed by atoms with E-state index in [0.29, 0.717) is 12.5 Å². The molecule has 3 nitrogen and oxygen atoms in total. The summed E-state index contributed by atoms with van der Waals surface area (Å²) in [5, 5.41) is 3.20. The number of nitrogens with zero attached hydrogens (tertiary/aromatic N) is 1. The second-order valence-electron chi connectivity index (χ2n) is 5.60. The van der Waals surface area contributed by atoms with E-state index in [9.17, 15) is 4.79 Å². The molecule has 0 radical (unpaired) electrons. The van der Waals surface area contributed by atoms with Gasteiger partial charge in [0.2, 0.25) is 5.91 Å². The van der Waals surface area contributed by atoms with Crippen molar-refractivity contribution in [1.82, 2.24) is 10.2 Å². The van der Waals surface area contributed by atoms with Crippen LogP contribution in [-0.4, -0.2) is 36.5 Å². The Hall–Kier alpha value is -0.570. The predicted octanol–water partition coefficient (Wildman–Crippen LogP) is 1.88. The number of amides is 1. The monoisotopic (exact) mass is 214 g/mol. The Morgan fingerprint density at radius 2 is 1.87 bits per heavy atom. The third kappa shape index (κ3) is 8.43. The number of hydrogen-bond donors (Lipinski definition) is 1. The van der Waals surface area contributed by atoms with Gasteiger partial charge in [-0.2, -0.15) is 0 Å². The predicted molar refractivity (Wildman–Crippen MR) is 64.8 cm³/mol. The van der Waals surface area contributed by atoms with Crippen molar-refractivity contribution in [2.24, 2.45) is 5.92 Å². The zero-order valence-electron chi connectivity index (χ0n) is 11.1. The first-order chi connectivity index (χ1) is 6.72. The van der Waals surface area contributed by atoms with Crippen molar-refractivity contribution in [2.45, 2.75) is 46.6 Å². The quantitative estimate of drug-likeness (QED) is 0.758. The average molecular weight is 214 g/mol. The summed E-state index contributed by atoms with van der Waals surface area (Å²) in [6, 6.07) is 0. The minimum Gasteiger partial charge on any atom is -0.345 e. The lowest BCUT2D eigenvalue weighted by Crippen LogP contribution is -2.44. The molecule has 15 heavy (non-hydrogen) atoms. The van der Waals surface area contributed by atoms with Crippen molar-refractivity contribution in [3.63, 3.8) is 0 Å². The molecule has 0 aromatic heterocycles. The largest absolute Gasteiger partial charge is 0.345 e. The van der Waals surface area contributed by atoms with Crippen LogP contribution in [0.1, 0.15) is 41.0 Å². The van der Waals surface area contributed by atoms with Gasteiger partial charge in [-0.05, 0) is 33.1 Å². The zero-order valence-corrected chi connectivity index (χ0v) is 11.1. The van der Waals surface area contributed by atoms with E-state index in [4.69, 9.17) is 0 Å². The number of likely N-dealkylation sites (N-methyl/N-ethyl adjacent to an activating group) is 1. The van der Waals surface area contributed by atoms with Gasteiger partial charge in [0.05, 0.1) is 6.54 Å². The lowest BCUT2D eigenvalue weighted by atomic mass is 10.1. The molecule has 0 aromatic rings. The Kier molecular flexibility index (Phi) is 5.88. The summed E-state index contributed by atoms with van der Waals surface area (Å²) in [6.07, 6.45) is 1.07. The molecule has 0 aromatic carbocycles. The molecule has 0 bridgehead atoms. The minimum absolute atomic E-state index is 0.00848. The first-order valence-corrected chi connectivity index (χ1v) is 5.71. The van der Waals surface area contributed by atoms with Crippen LogP contribution in [0.3, 0.4) is 0 Å². The van der Waals surface area contributed by atoms with Crippen LogP contribution in [0.15, 0.2) is 0 Å². The van der Waals surface area contributed by atoms with Gasteiger partial charge >= 0.3 is 0 Å². The molecule has 0 aliphatic carbocycles. The number of nitrogens with one attached hydrogen (secondary N) is 1. The maximum atomic E-state index is 11.7. The van der Waals surface area contributed by atoms with E-state index < -0.39 is 0 Å². The van der Waals surface area contributed by atoms with Gasteiger partial charge in [0, 0.05) is 19.1 Å². The van der Waals surface area contributed by atoms with Crippen LogP contribution in [0.25, 0.3) is 0 Å². The lowest BCUT2D eigenvalue weighted by molar-refractivity contribution is -0.129. The Morgan fingerprint density at radius 1 is 1.33 bits per heavy atom. The van der Waals surface area contributed by atoms with E-state index in [1.807, 2.05) is 7.05 Å². The first kappa shape index (κ1) is 14.4. The molecule has 0 aliphatic rings. The molecule has 0 aliphatic heterocycles. The van der Waals surface area contributed by atoms with Crippen LogP contribution in [0.5, 0.6) is 0 Å². The lowest BCUT2D eigenvalue weighted by Gasteiger charge is -2.23. The molecule has 0 fully saturated rings. The highest BCUT2D eigenvalue weighted by Gasteiger charge is 2.14. The van der Waals surface area contributed by atoms with Gasteiger partial charge < -0.3 is 10.2 Å². The molecule has 0 atom stereocenters. The highest BCUT2D eigenvalue weighted by molar-refractivity contribution is 5.78. The van der Waals surface area contributed by atoms with Crippen LogP contribution < -0.4 is 5.32 Å². The summed E-state index contributed by atoms with van der Waals surface area (Å²) in [5.74, 6) is 0.821. The Morgan fingerprint density at radius 3 is 2.27 bits per heavy atom. The van der Waals surface area contributed by atoms with Gasteiger partial charge in [-0.1, -0.05) is 13.8 Å². The zero-order chi connectivity index (χ0) is 12.1. The van der Waals surface area contributed by atoms with Gasteiger partial charge in [-0.25, -0.2) is 0 Å². The van der Waals surface area contributed by atoms with Crippen molar-refractivity contribution >= 4 is 5.91 Å². The SMILES string of the molecule is CC(C)CCN(C)C(=O)CNC(C)(C)C. The summed E-state index contributed by atoms with van der Waals surface area (Å²) < 4.78 is 0. The molecular weight excluding hydrogens is 188 g/mol. The van der Waals surface area contributed by atoms with Crippen LogP contribution in [0, 0.1) is 5.92 Å². The average Bonchev–Trinajstić information content (AvgIpc) is 2.08. The van der Waals surface area contributed by atoms with Gasteiger partial charge in [0.15, 0.2) is 0 Å². The molecule has 3 heteroatoms. The summed E-state index contributed by atoms with van der Waals surface area (Å²) in [5.41, 5.74) is 0.00848. The molecule has 0 saturated carbocycles. The van der Waals surface area contributed by atoms with E-state index in [2.05, 4.69) is 39.9 Å². The summed E-state index contributed by atoms with van der Waals surface area (Å²) in [7, 11) is 1.87. The second-order valence-corrected chi connectivity index (χ2v) is 5.60. The van der Waals surface area contributed by atoms with E-state index in [0.717, 1.165) is 13.0 Å². The van der Waals surface area contributed by atoms with Crippen LogP contribution in [0.4, 0.5) is 0 Å². The van der Waals surface area contributed by atoms with Crippen LogP contribution in [0.2, 0.25) is 0 Å². The fraction of sp³-hybridized carbons (Fsp3) is 0.917. The van der Waals surface area contributed by atoms with Gasteiger partial charge in [0.25, 0.3) is 0 Å². The molecule has 90 valence electrons. The van der Waals surface area contributed by atoms with Crippen molar-refractivity contribution in [3.05, 3.63) is 0 Å². The summed E-state index contributed by atoms with van der Waals surface area (Å²) >= 11 is 0. The topological polar surface area (TPSA) is 32.3 Å². The molecular formula is C12H26N2O. The van der Waals surface area contributed by atoms with Gasteiger partial charge in [-0.3, -0.25) is 4.79 Å². The molecule has 1 amide bonds. The Bertz CT molecular complexity index is 194. The third-order valence-electron chi connectivity index (χ3n) is 2.24. The third-order valence-corrected chi connectivity index (χ3v) is 2.24. The molecule has 0 unspecified atom stereocenters. The summed E-state index contributed by atoms with van der Waals surface area (Å²) in [6.45, 7) is 11.8. The standard InChI is InChI=1S/C12H26N2O/c1-10(2)7-8-14(6)11(15)9-13-12(3,4)5/h10,13H,7-9H2,1-6H3. The van der Waals surface area contributed by atoms with Crippen molar-refractivity contribution in [1.29, 1.82) is 0 Å². The first-order valence-electron chi connectivity index (χ1n) is 5.71. The summed E-state index contributed by atoms with van der Waals surface area (Å²) in [4.78, 5) is 13.5. The molecule has 1 N–H and O–H groups in total. The second kappa shape index (κ2) is 6.11. The minimum atomic E-state index is 0.00848. The fourth-order valence-electron chi connectivity index (χ4n) is 1.05. The molecule has 0 spiro atoms. The number of carbonyl (C=O) groups is 1. The number of rotatable bonds is 5. The van der Waals surface area contributed by atoms with Crippen molar-refractivity contribution in [2.75, 3.05) is 20.1 Å². The number of carbonyl (C=O) groups excluding carboxylic acids is 1. The highest BCUT2D eigenvalue weighted by Crippen LogP contribution is 2.01. The van der Waals surface area contributed by atoms with E-state index in [-0.39, 0.29) is 11.4 Å². The molecule has 0 heterocycles. The van der Waals surface area contributed by atoms with Crippen molar-refractivity contribution < 1.29 is 4.79 Å². The van der Waals surface area contributed by atoms with Gasteiger partial charge in [0.1, 0.15) is 0 Å². The Labute approximate surface area is 94.2 Å². The molecule has 0 rings (SSSR count). The van der Waals surface area contributed by atoms with Crippen LogP contribution in [-0.2, 0) is 4.79 Å². The fourth-order valence-corrected chi connectivity index (χ4v) is 1.05. The smallest absolute Gasteiger partial charge is 0.236 e.